The van der Waals surface area contributed by atoms with Crippen LogP contribution >= 0.6 is 11.8 Å². The lowest BCUT2D eigenvalue weighted by Crippen LogP contribution is -2.44. The van der Waals surface area contributed by atoms with Crippen molar-refractivity contribution in [3.8, 4) is 0 Å². The Hall–Kier alpha value is -0.790. The molecule has 0 saturated carbocycles. The predicted molar refractivity (Wildman–Crippen MR) is 83.7 cm³/mol. The summed E-state index contributed by atoms with van der Waals surface area (Å²) < 4.78 is 27.1. The number of thioether (sulfide) groups is 1. The van der Waals surface area contributed by atoms with Crippen LogP contribution in [0.2, 0.25) is 0 Å². The van der Waals surface area contributed by atoms with Crippen molar-refractivity contribution in [2.45, 2.75) is 36.3 Å². The average Bonchev–Trinajstić information content (AvgIpc) is 2.38. The molecule has 1 N–H and O–H groups in total. The van der Waals surface area contributed by atoms with Crippen molar-refractivity contribution in [3.05, 3.63) is 18.3 Å². The molecule has 1 aromatic rings. The SMILES string of the molecule is CCNc1cccnc1S(=O)(=O)N1CC(C)SC(C)C1. The fourth-order valence-electron chi connectivity index (χ4n) is 2.37. The molecule has 0 aromatic carbocycles. The van der Waals surface area contributed by atoms with Gasteiger partial charge < -0.3 is 5.32 Å². The van der Waals surface area contributed by atoms with E-state index < -0.39 is 10.0 Å². The monoisotopic (exact) mass is 315 g/mol. The Balaban J connectivity index is 2.35. The van der Waals surface area contributed by atoms with Gasteiger partial charge in [0.15, 0.2) is 5.03 Å². The molecule has 0 amide bonds. The molecule has 1 aliphatic rings. The average molecular weight is 315 g/mol. The van der Waals surface area contributed by atoms with Gasteiger partial charge in [0.2, 0.25) is 0 Å². The Morgan fingerprint density at radius 2 is 2.05 bits per heavy atom. The molecule has 1 saturated heterocycles. The highest BCUT2D eigenvalue weighted by atomic mass is 32.2. The highest BCUT2D eigenvalue weighted by molar-refractivity contribution is 8.00. The van der Waals surface area contributed by atoms with Crippen LogP contribution in [0.5, 0.6) is 0 Å². The lowest BCUT2D eigenvalue weighted by Gasteiger charge is -2.33. The van der Waals surface area contributed by atoms with Gasteiger partial charge in [0.05, 0.1) is 5.69 Å². The van der Waals surface area contributed by atoms with Crippen LogP contribution in [-0.4, -0.2) is 47.8 Å². The number of anilines is 1. The van der Waals surface area contributed by atoms with Crippen molar-refractivity contribution in [1.29, 1.82) is 0 Å². The molecule has 1 aromatic heterocycles. The van der Waals surface area contributed by atoms with Gasteiger partial charge in [0, 0.05) is 36.3 Å². The lowest BCUT2D eigenvalue weighted by atomic mass is 10.4. The summed E-state index contributed by atoms with van der Waals surface area (Å²) in [6, 6.07) is 3.50. The second kappa shape index (κ2) is 6.32. The van der Waals surface area contributed by atoms with Crippen LogP contribution < -0.4 is 5.32 Å². The number of sulfonamides is 1. The Labute approximate surface area is 125 Å². The molecule has 2 unspecified atom stereocenters. The third-order valence-electron chi connectivity index (χ3n) is 3.11. The first-order chi connectivity index (χ1) is 9.45. The van der Waals surface area contributed by atoms with Crippen LogP contribution in [-0.2, 0) is 10.0 Å². The molecule has 0 radical (unpaired) electrons. The van der Waals surface area contributed by atoms with Crippen molar-refractivity contribution in [2.75, 3.05) is 25.0 Å². The van der Waals surface area contributed by atoms with Crippen molar-refractivity contribution in [2.24, 2.45) is 0 Å². The summed E-state index contributed by atoms with van der Waals surface area (Å²) in [5, 5.41) is 3.81. The molecule has 2 atom stereocenters. The van der Waals surface area contributed by atoms with Gasteiger partial charge in [0.1, 0.15) is 0 Å². The van der Waals surface area contributed by atoms with Gasteiger partial charge >= 0.3 is 0 Å². The fraction of sp³-hybridized carbons (Fsp3) is 0.615. The maximum absolute atomic E-state index is 12.8. The topological polar surface area (TPSA) is 62.3 Å². The Kier molecular flexibility index (Phi) is 4.93. The van der Waals surface area contributed by atoms with E-state index in [4.69, 9.17) is 0 Å². The molecule has 1 fully saturated rings. The van der Waals surface area contributed by atoms with Crippen molar-refractivity contribution in [3.63, 3.8) is 0 Å². The first kappa shape index (κ1) is 15.6. The smallest absolute Gasteiger partial charge is 0.262 e. The second-order valence-corrected chi connectivity index (χ2v) is 8.70. The lowest BCUT2D eigenvalue weighted by molar-refractivity contribution is 0.403. The minimum atomic E-state index is -3.53. The maximum Gasteiger partial charge on any atom is 0.262 e. The van der Waals surface area contributed by atoms with Gasteiger partial charge in [-0.2, -0.15) is 16.1 Å². The predicted octanol–water partition coefficient (Wildman–Crippen LogP) is 2.03. The molecular weight excluding hydrogens is 294 g/mol. The van der Waals surface area contributed by atoms with Crippen LogP contribution in [0.1, 0.15) is 20.8 Å². The van der Waals surface area contributed by atoms with Crippen molar-refractivity contribution >= 4 is 27.5 Å². The van der Waals surface area contributed by atoms with E-state index >= 15 is 0 Å². The molecular formula is C13H21N3O2S2. The number of hydrogen-bond acceptors (Lipinski definition) is 5. The minimum absolute atomic E-state index is 0.133. The number of pyridine rings is 1. The van der Waals surface area contributed by atoms with Crippen LogP contribution in [0.4, 0.5) is 5.69 Å². The highest BCUT2D eigenvalue weighted by Gasteiger charge is 2.34. The molecule has 1 aliphatic heterocycles. The van der Waals surface area contributed by atoms with E-state index in [1.54, 1.807) is 16.4 Å². The molecule has 7 heteroatoms. The fourth-order valence-corrected chi connectivity index (χ4v) is 5.58. The summed E-state index contributed by atoms with van der Waals surface area (Å²) >= 11 is 1.83. The third kappa shape index (κ3) is 3.27. The highest BCUT2D eigenvalue weighted by Crippen LogP contribution is 2.30. The summed E-state index contributed by atoms with van der Waals surface area (Å²) in [5.41, 5.74) is 0.577. The summed E-state index contributed by atoms with van der Waals surface area (Å²) in [6.45, 7) is 7.81. The molecule has 5 nitrogen and oxygen atoms in total. The summed E-state index contributed by atoms with van der Waals surface area (Å²) in [7, 11) is -3.53. The number of nitrogens with one attached hydrogen (secondary N) is 1. The third-order valence-corrected chi connectivity index (χ3v) is 6.13. The van der Waals surface area contributed by atoms with Gasteiger partial charge in [-0.3, -0.25) is 0 Å². The zero-order valence-electron chi connectivity index (χ0n) is 12.0. The Bertz CT molecular complexity index is 552. The number of aromatic nitrogens is 1. The quantitative estimate of drug-likeness (QED) is 0.921. The van der Waals surface area contributed by atoms with Gasteiger partial charge in [0.25, 0.3) is 10.0 Å². The van der Waals surface area contributed by atoms with E-state index in [-0.39, 0.29) is 5.03 Å². The number of nitrogens with zero attached hydrogens (tertiary/aromatic N) is 2. The second-order valence-electron chi connectivity index (χ2n) is 4.97. The maximum atomic E-state index is 12.8. The van der Waals surface area contributed by atoms with E-state index in [0.29, 0.717) is 35.8 Å². The first-order valence-corrected chi connectivity index (χ1v) is 9.18. The number of hydrogen-bond donors (Lipinski definition) is 1. The molecule has 112 valence electrons. The summed E-state index contributed by atoms with van der Waals surface area (Å²) in [5.74, 6) is 0. The van der Waals surface area contributed by atoms with E-state index in [9.17, 15) is 8.42 Å². The van der Waals surface area contributed by atoms with E-state index in [1.807, 2.05) is 18.7 Å². The van der Waals surface area contributed by atoms with Crippen molar-refractivity contribution in [1.82, 2.24) is 9.29 Å². The van der Waals surface area contributed by atoms with Crippen LogP contribution in [0, 0.1) is 0 Å². The molecule has 20 heavy (non-hydrogen) atoms. The molecule has 0 spiro atoms. The van der Waals surface area contributed by atoms with E-state index in [1.165, 1.54) is 6.20 Å². The van der Waals surface area contributed by atoms with Gasteiger partial charge in [-0.05, 0) is 19.1 Å². The van der Waals surface area contributed by atoms with Gasteiger partial charge in [-0.15, -0.1) is 0 Å². The van der Waals surface area contributed by atoms with E-state index in [2.05, 4.69) is 24.1 Å². The number of rotatable bonds is 4. The largest absolute Gasteiger partial charge is 0.383 e. The molecule has 0 aliphatic carbocycles. The van der Waals surface area contributed by atoms with Crippen LogP contribution in [0.15, 0.2) is 23.4 Å². The molecule has 0 bridgehead atoms. The zero-order valence-corrected chi connectivity index (χ0v) is 13.7. The first-order valence-electron chi connectivity index (χ1n) is 6.79. The molecule has 2 heterocycles. The minimum Gasteiger partial charge on any atom is -0.383 e. The van der Waals surface area contributed by atoms with Crippen molar-refractivity contribution < 1.29 is 8.42 Å². The normalized spacial score (nSPS) is 24.6. The Morgan fingerprint density at radius 1 is 1.40 bits per heavy atom. The van der Waals surface area contributed by atoms with Crippen LogP contribution in [0.25, 0.3) is 0 Å². The molecule has 2 rings (SSSR count). The van der Waals surface area contributed by atoms with Crippen LogP contribution in [0.3, 0.4) is 0 Å². The summed E-state index contributed by atoms with van der Waals surface area (Å²) in [4.78, 5) is 4.10. The Morgan fingerprint density at radius 3 is 2.65 bits per heavy atom. The zero-order chi connectivity index (χ0) is 14.8. The van der Waals surface area contributed by atoms with Gasteiger partial charge in [-0.1, -0.05) is 13.8 Å². The van der Waals surface area contributed by atoms with E-state index in [0.717, 1.165) is 0 Å². The summed E-state index contributed by atoms with van der Waals surface area (Å²) in [6.07, 6.45) is 1.53. The standard InChI is InChI=1S/C13H21N3O2S2/c1-4-14-12-6-5-7-15-13(12)20(17,18)16-8-10(2)19-11(3)9-16/h5-7,10-11,14H,4,8-9H2,1-3H3. The van der Waals surface area contributed by atoms with Gasteiger partial charge in [-0.25, -0.2) is 13.4 Å².